The molecule has 176 valence electrons. The van der Waals surface area contributed by atoms with Gasteiger partial charge in [0.15, 0.2) is 5.75 Å². The van der Waals surface area contributed by atoms with E-state index < -0.39 is 48.1 Å². The Morgan fingerprint density at radius 1 is 1.00 bits per heavy atom. The second kappa shape index (κ2) is 8.93. The first-order valence-electron chi connectivity index (χ1n) is 8.96. The molecule has 33 heavy (non-hydrogen) atoms. The van der Waals surface area contributed by atoms with Gasteiger partial charge in [-0.05, 0) is 47.9 Å². The largest absolute Gasteiger partial charge is 0.505 e. The fourth-order valence-electron chi connectivity index (χ4n) is 2.96. The normalized spacial score (nSPS) is 12.8. The molecule has 0 saturated carbocycles. The number of hydrogen-bond acceptors (Lipinski definition) is 10. The van der Waals surface area contributed by atoms with Crippen molar-refractivity contribution in [1.82, 2.24) is 0 Å². The van der Waals surface area contributed by atoms with Gasteiger partial charge in [0.25, 0.3) is 10.1 Å². The van der Waals surface area contributed by atoms with E-state index in [0.717, 1.165) is 25.1 Å². The number of methoxy groups -OCH3 is 1. The summed E-state index contributed by atoms with van der Waals surface area (Å²) in [5.74, 6) is -0.851. The van der Waals surface area contributed by atoms with Gasteiger partial charge < -0.3 is 28.8 Å². The molecule has 0 spiro atoms. The van der Waals surface area contributed by atoms with Crippen LogP contribution in [0.25, 0.3) is 10.8 Å². The molecule has 0 unspecified atom stereocenters. The number of azo groups is 1. The predicted octanol–water partition coefficient (Wildman–Crippen LogP) is 4.76. The number of nitrogens with zero attached hydrogens (tertiary/aromatic N) is 2. The number of hydrogen-bond donors (Lipinski definition) is 6. The zero-order valence-corrected chi connectivity index (χ0v) is 18.8. The average molecular weight is 498 g/mol. The third kappa shape index (κ3) is 5.39. The SMILES string of the molecule is COc1ccc(N=Nc2c(S(=O)(=O)O)cc3cc(S(O)(O)O)cc(NC(C)=O)c3c2O)cc1. The summed E-state index contributed by atoms with van der Waals surface area (Å²) >= 11 is 0. The molecular formula is C19H19N3O9S2. The average Bonchev–Trinajstić information content (AvgIpc) is 2.71. The van der Waals surface area contributed by atoms with Gasteiger partial charge in [0, 0.05) is 12.3 Å². The zero-order valence-electron chi connectivity index (χ0n) is 17.1. The Balaban J connectivity index is 2.32. The highest BCUT2D eigenvalue weighted by atomic mass is 32.3. The molecule has 0 bridgehead atoms. The Hall–Kier alpha value is -3.27. The number of rotatable bonds is 6. The van der Waals surface area contributed by atoms with Crippen molar-refractivity contribution >= 4 is 54.7 Å². The highest BCUT2D eigenvalue weighted by molar-refractivity contribution is 8.19. The summed E-state index contributed by atoms with van der Waals surface area (Å²) in [5.41, 5.74) is -0.539. The molecule has 0 aromatic heterocycles. The quantitative estimate of drug-likeness (QED) is 0.205. The van der Waals surface area contributed by atoms with E-state index in [-0.39, 0.29) is 22.1 Å². The lowest BCUT2D eigenvalue weighted by atomic mass is 10.1. The van der Waals surface area contributed by atoms with Crippen molar-refractivity contribution in [3.8, 4) is 11.5 Å². The molecule has 0 aliphatic rings. The van der Waals surface area contributed by atoms with E-state index in [9.17, 15) is 36.5 Å². The van der Waals surface area contributed by atoms with E-state index >= 15 is 0 Å². The summed E-state index contributed by atoms with van der Waals surface area (Å²) in [7, 11) is -7.75. The van der Waals surface area contributed by atoms with Crippen LogP contribution in [-0.4, -0.2) is 44.8 Å². The molecule has 0 heterocycles. The smallest absolute Gasteiger partial charge is 0.296 e. The van der Waals surface area contributed by atoms with Crippen LogP contribution in [0.3, 0.4) is 0 Å². The Morgan fingerprint density at radius 2 is 1.64 bits per heavy atom. The summed E-state index contributed by atoms with van der Waals surface area (Å²) in [4.78, 5) is 10.3. The van der Waals surface area contributed by atoms with E-state index in [1.54, 1.807) is 12.1 Å². The minimum Gasteiger partial charge on any atom is -0.505 e. The molecule has 1 amide bonds. The minimum absolute atomic E-state index is 0.145. The number of phenols is 1. The van der Waals surface area contributed by atoms with Gasteiger partial charge in [0.1, 0.15) is 27.2 Å². The van der Waals surface area contributed by atoms with Crippen molar-refractivity contribution in [2.45, 2.75) is 16.7 Å². The summed E-state index contributed by atoms with van der Waals surface area (Å²) in [6.45, 7) is 1.14. The van der Waals surface area contributed by atoms with Crippen molar-refractivity contribution in [3.63, 3.8) is 0 Å². The summed E-state index contributed by atoms with van der Waals surface area (Å²) in [6.07, 6.45) is 0. The Labute approximate surface area is 189 Å². The molecular weight excluding hydrogens is 478 g/mol. The molecule has 3 aromatic rings. The van der Waals surface area contributed by atoms with Crippen LogP contribution >= 0.6 is 10.9 Å². The number of fused-ring (bicyclic) bond motifs is 1. The number of anilines is 1. The number of nitrogens with one attached hydrogen (secondary N) is 1. The monoisotopic (exact) mass is 497 g/mol. The fraction of sp³-hybridized carbons (Fsp3) is 0.105. The maximum Gasteiger partial charge on any atom is 0.296 e. The van der Waals surface area contributed by atoms with Crippen LogP contribution in [0.4, 0.5) is 17.1 Å². The van der Waals surface area contributed by atoms with E-state index in [4.69, 9.17) is 4.74 Å². The lowest BCUT2D eigenvalue weighted by Gasteiger charge is -2.22. The number of aromatic hydroxyl groups is 1. The minimum atomic E-state index is -4.95. The Bertz CT molecular complexity index is 1370. The molecule has 0 fully saturated rings. The van der Waals surface area contributed by atoms with Crippen LogP contribution in [0.15, 0.2) is 62.5 Å². The van der Waals surface area contributed by atoms with Gasteiger partial charge in [0.2, 0.25) is 5.91 Å². The first kappa shape index (κ1) is 24.4. The van der Waals surface area contributed by atoms with Crippen molar-refractivity contribution in [1.29, 1.82) is 0 Å². The number of carbonyl (C=O) groups excluding carboxylic acids is 1. The molecule has 3 rings (SSSR count). The number of phenolic OH excluding ortho intramolecular Hbond substituents is 1. The zero-order chi connectivity index (χ0) is 24.6. The van der Waals surface area contributed by atoms with Crippen molar-refractivity contribution in [2.75, 3.05) is 12.4 Å². The lowest BCUT2D eigenvalue weighted by molar-refractivity contribution is -0.114. The number of carbonyl (C=O) groups is 1. The number of benzene rings is 3. The van der Waals surface area contributed by atoms with Gasteiger partial charge in [-0.1, -0.05) is 0 Å². The van der Waals surface area contributed by atoms with Crippen molar-refractivity contribution in [3.05, 3.63) is 42.5 Å². The van der Waals surface area contributed by atoms with E-state index in [1.165, 1.54) is 19.2 Å². The van der Waals surface area contributed by atoms with Crippen LogP contribution in [0.2, 0.25) is 0 Å². The number of ether oxygens (including phenoxy) is 1. The second-order valence-corrected chi connectivity index (χ2v) is 9.61. The van der Waals surface area contributed by atoms with Crippen LogP contribution in [0.5, 0.6) is 11.5 Å². The summed E-state index contributed by atoms with van der Waals surface area (Å²) in [6, 6.07) is 9.02. The van der Waals surface area contributed by atoms with E-state index in [0.29, 0.717) is 5.75 Å². The molecule has 6 N–H and O–H groups in total. The maximum atomic E-state index is 12.0. The van der Waals surface area contributed by atoms with Crippen LogP contribution in [-0.2, 0) is 14.9 Å². The van der Waals surface area contributed by atoms with Crippen LogP contribution < -0.4 is 10.1 Å². The molecule has 0 radical (unpaired) electrons. The Morgan fingerprint density at radius 3 is 2.15 bits per heavy atom. The van der Waals surface area contributed by atoms with Gasteiger partial charge in [0.05, 0.1) is 23.4 Å². The van der Waals surface area contributed by atoms with Crippen molar-refractivity contribution < 1.29 is 41.3 Å². The van der Waals surface area contributed by atoms with E-state index in [2.05, 4.69) is 15.5 Å². The Kier molecular flexibility index (Phi) is 6.60. The molecule has 14 heteroatoms. The predicted molar refractivity (Wildman–Crippen MR) is 121 cm³/mol. The number of amides is 1. The van der Waals surface area contributed by atoms with Gasteiger partial charge in [-0.2, -0.15) is 13.5 Å². The van der Waals surface area contributed by atoms with Crippen LogP contribution in [0.1, 0.15) is 6.92 Å². The maximum absolute atomic E-state index is 12.0. The van der Waals surface area contributed by atoms with Crippen LogP contribution in [0, 0.1) is 0 Å². The first-order chi connectivity index (χ1) is 15.3. The standard InChI is InChI=1S/C19H19N3O9S2/c1-10(23)20-15-9-14(32(25,26)27)7-11-8-16(33(28,29)30)18(19(24)17(11)15)22-21-12-3-5-13(31-2)6-4-12/h3-9,24-27H,1-2H3,(H,20,23)(H,28,29,30). The van der Waals surface area contributed by atoms with Gasteiger partial charge in [-0.25, -0.2) is 0 Å². The third-order valence-corrected chi connectivity index (χ3v) is 6.10. The molecule has 0 saturated heterocycles. The molecule has 0 aliphatic heterocycles. The topological polar surface area (TPSA) is 198 Å². The van der Waals surface area contributed by atoms with Gasteiger partial charge in [-0.15, -0.1) is 5.11 Å². The lowest BCUT2D eigenvalue weighted by Crippen LogP contribution is -2.08. The summed E-state index contributed by atoms with van der Waals surface area (Å²) < 4.78 is 67.6. The molecule has 0 atom stereocenters. The first-order valence-corrected chi connectivity index (χ1v) is 11.9. The van der Waals surface area contributed by atoms with Gasteiger partial charge >= 0.3 is 0 Å². The highest BCUT2D eigenvalue weighted by Crippen LogP contribution is 2.50. The molecule has 0 aliphatic carbocycles. The third-order valence-electron chi connectivity index (χ3n) is 4.37. The second-order valence-electron chi connectivity index (χ2n) is 6.71. The van der Waals surface area contributed by atoms with Gasteiger partial charge in [-0.3, -0.25) is 9.35 Å². The summed E-state index contributed by atoms with van der Waals surface area (Å²) in [5, 5.41) is 20.6. The highest BCUT2D eigenvalue weighted by Gasteiger charge is 2.26. The van der Waals surface area contributed by atoms with Crippen molar-refractivity contribution in [2.24, 2.45) is 10.2 Å². The molecule has 12 nitrogen and oxygen atoms in total. The fourth-order valence-corrected chi connectivity index (χ4v) is 4.17. The molecule has 3 aromatic carbocycles. The van der Waals surface area contributed by atoms with E-state index in [1.807, 2.05) is 0 Å².